The molecule has 0 aliphatic heterocycles. The predicted molar refractivity (Wildman–Crippen MR) is 104 cm³/mol. The number of hydrogen-bond acceptors (Lipinski definition) is 7. The van der Waals surface area contributed by atoms with Crippen LogP contribution in [0.2, 0.25) is 0 Å². The lowest BCUT2D eigenvalue weighted by atomic mass is 10.1. The average Bonchev–Trinajstić information content (AvgIpc) is 3.01. The zero-order valence-electron chi connectivity index (χ0n) is 15.6. The number of nitrogens with one attached hydrogen (secondary N) is 2. The summed E-state index contributed by atoms with van der Waals surface area (Å²) in [6.07, 6.45) is 1.81. The van der Waals surface area contributed by atoms with Crippen LogP contribution in [0.4, 0.5) is 21.8 Å². The fourth-order valence-corrected chi connectivity index (χ4v) is 2.83. The van der Waals surface area contributed by atoms with Crippen molar-refractivity contribution in [1.82, 2.24) is 19.5 Å². The highest BCUT2D eigenvalue weighted by Crippen LogP contribution is 2.23. The van der Waals surface area contributed by atoms with Gasteiger partial charge >= 0.3 is 0 Å². The number of anilines is 3. The van der Waals surface area contributed by atoms with E-state index in [0.29, 0.717) is 47.1 Å². The van der Waals surface area contributed by atoms with E-state index in [-0.39, 0.29) is 11.9 Å². The summed E-state index contributed by atoms with van der Waals surface area (Å²) < 4.78 is 15.3. The predicted octanol–water partition coefficient (Wildman–Crippen LogP) is 2.27. The van der Waals surface area contributed by atoms with Crippen LogP contribution in [0.3, 0.4) is 0 Å². The van der Waals surface area contributed by atoms with Crippen molar-refractivity contribution >= 4 is 28.6 Å². The molecule has 0 bridgehead atoms. The molecule has 5 N–H and O–H groups in total. The lowest BCUT2D eigenvalue weighted by Crippen LogP contribution is -2.31. The molecule has 0 radical (unpaired) electrons. The van der Waals surface area contributed by atoms with Crippen LogP contribution in [0.25, 0.3) is 11.2 Å². The number of rotatable bonds is 7. The quantitative estimate of drug-likeness (QED) is 0.470. The van der Waals surface area contributed by atoms with Crippen LogP contribution < -0.4 is 16.4 Å². The Balaban J connectivity index is 1.92. The largest absolute Gasteiger partial charge is 0.398 e. The van der Waals surface area contributed by atoms with Gasteiger partial charge in [-0.25, -0.2) is 9.37 Å². The molecule has 9 heteroatoms. The standard InChI is InChI=1S/C18H24FN7O/c1-4-14(10(2)27)23-18-24-16(15-17(25-18)26(3)9-22-15)21-8-11-7-12(19)5-6-13(11)20/h5-7,9-10,14,27H,4,8,20H2,1-3H3,(H2,21,23,24,25). The second-order valence-electron chi connectivity index (χ2n) is 6.52. The number of benzene rings is 1. The lowest BCUT2D eigenvalue weighted by molar-refractivity contribution is 0.169. The fraction of sp³-hybridized carbons (Fsp3) is 0.389. The number of hydrogen-bond donors (Lipinski definition) is 4. The maximum atomic E-state index is 13.5. The minimum Gasteiger partial charge on any atom is -0.398 e. The van der Waals surface area contributed by atoms with Crippen molar-refractivity contribution in [2.45, 2.75) is 39.0 Å². The van der Waals surface area contributed by atoms with Crippen molar-refractivity contribution in [2.24, 2.45) is 7.05 Å². The van der Waals surface area contributed by atoms with E-state index in [9.17, 15) is 9.50 Å². The second-order valence-corrected chi connectivity index (χ2v) is 6.52. The number of nitrogen functional groups attached to an aromatic ring is 1. The van der Waals surface area contributed by atoms with Gasteiger partial charge in [0.15, 0.2) is 17.0 Å². The Hall–Kier alpha value is -2.94. The van der Waals surface area contributed by atoms with Crippen LogP contribution in [0.5, 0.6) is 0 Å². The van der Waals surface area contributed by atoms with Crippen LogP contribution >= 0.6 is 0 Å². The number of fused-ring (bicyclic) bond motifs is 1. The first-order valence-electron chi connectivity index (χ1n) is 8.80. The zero-order valence-corrected chi connectivity index (χ0v) is 15.6. The number of aromatic nitrogens is 4. The number of nitrogens with zero attached hydrogens (tertiary/aromatic N) is 4. The van der Waals surface area contributed by atoms with Crippen molar-refractivity contribution in [2.75, 3.05) is 16.4 Å². The molecule has 0 fully saturated rings. The van der Waals surface area contributed by atoms with Gasteiger partial charge in [0.05, 0.1) is 18.5 Å². The maximum Gasteiger partial charge on any atom is 0.227 e. The van der Waals surface area contributed by atoms with Crippen molar-refractivity contribution in [1.29, 1.82) is 0 Å². The summed E-state index contributed by atoms with van der Waals surface area (Å²) in [5, 5.41) is 16.2. The monoisotopic (exact) mass is 373 g/mol. The summed E-state index contributed by atoms with van der Waals surface area (Å²) in [5.41, 5.74) is 8.28. The first-order chi connectivity index (χ1) is 12.9. The smallest absolute Gasteiger partial charge is 0.227 e. The molecule has 2 aromatic heterocycles. The van der Waals surface area contributed by atoms with Gasteiger partial charge in [0, 0.05) is 19.3 Å². The summed E-state index contributed by atoms with van der Waals surface area (Å²) in [7, 11) is 1.84. The van der Waals surface area contributed by atoms with Gasteiger partial charge in [0.25, 0.3) is 0 Å². The summed E-state index contributed by atoms with van der Waals surface area (Å²) in [6.45, 7) is 3.98. The normalized spacial score (nSPS) is 13.5. The molecule has 0 saturated carbocycles. The van der Waals surface area contributed by atoms with Gasteiger partial charge in [-0.3, -0.25) is 0 Å². The fourth-order valence-electron chi connectivity index (χ4n) is 2.83. The second kappa shape index (κ2) is 7.75. The Labute approximate surface area is 156 Å². The molecular weight excluding hydrogens is 349 g/mol. The third kappa shape index (κ3) is 4.08. The topological polar surface area (TPSA) is 114 Å². The van der Waals surface area contributed by atoms with E-state index in [1.54, 1.807) is 17.8 Å². The molecule has 8 nitrogen and oxygen atoms in total. The molecule has 0 aliphatic carbocycles. The number of aryl methyl sites for hydroxylation is 1. The first-order valence-corrected chi connectivity index (χ1v) is 8.80. The van der Waals surface area contributed by atoms with Crippen molar-refractivity contribution in [3.63, 3.8) is 0 Å². The van der Waals surface area contributed by atoms with Crippen LogP contribution in [0.1, 0.15) is 25.8 Å². The molecule has 0 aliphatic rings. The molecular formula is C18H24FN7O. The van der Waals surface area contributed by atoms with Crippen molar-refractivity contribution in [3.8, 4) is 0 Å². The number of aliphatic hydroxyl groups excluding tert-OH is 1. The molecule has 1 aromatic carbocycles. The summed E-state index contributed by atoms with van der Waals surface area (Å²) in [6, 6.07) is 4.06. The Kier molecular flexibility index (Phi) is 5.41. The molecule has 27 heavy (non-hydrogen) atoms. The van der Waals surface area contributed by atoms with E-state index < -0.39 is 6.10 Å². The third-order valence-electron chi connectivity index (χ3n) is 4.45. The van der Waals surface area contributed by atoms with Gasteiger partial charge in [0.1, 0.15) is 5.82 Å². The van der Waals surface area contributed by atoms with Gasteiger partial charge < -0.3 is 26.0 Å². The Morgan fingerprint density at radius 1 is 1.33 bits per heavy atom. The first kappa shape index (κ1) is 18.8. The summed E-state index contributed by atoms with van der Waals surface area (Å²) in [4.78, 5) is 13.3. The van der Waals surface area contributed by atoms with E-state index in [1.807, 2.05) is 14.0 Å². The van der Waals surface area contributed by atoms with Gasteiger partial charge in [-0.2, -0.15) is 9.97 Å². The Bertz CT molecular complexity index is 941. The van der Waals surface area contributed by atoms with E-state index >= 15 is 0 Å². The molecule has 3 rings (SSSR count). The number of halogens is 1. The molecule has 144 valence electrons. The molecule has 2 heterocycles. The Morgan fingerprint density at radius 3 is 2.81 bits per heavy atom. The molecule has 0 amide bonds. The third-order valence-corrected chi connectivity index (χ3v) is 4.45. The zero-order chi connectivity index (χ0) is 19.6. The highest BCUT2D eigenvalue weighted by molar-refractivity contribution is 5.84. The number of imidazole rings is 1. The Morgan fingerprint density at radius 2 is 2.11 bits per heavy atom. The summed E-state index contributed by atoms with van der Waals surface area (Å²) >= 11 is 0. The van der Waals surface area contributed by atoms with Crippen LogP contribution in [0, 0.1) is 5.82 Å². The van der Waals surface area contributed by atoms with Crippen molar-refractivity contribution in [3.05, 3.63) is 35.9 Å². The van der Waals surface area contributed by atoms with Gasteiger partial charge in [0.2, 0.25) is 5.95 Å². The molecule has 2 unspecified atom stereocenters. The lowest BCUT2D eigenvalue weighted by Gasteiger charge is -2.20. The summed E-state index contributed by atoms with van der Waals surface area (Å²) in [5.74, 6) is 0.539. The van der Waals surface area contributed by atoms with Gasteiger partial charge in [-0.05, 0) is 37.1 Å². The van der Waals surface area contributed by atoms with Crippen LogP contribution in [-0.2, 0) is 13.6 Å². The minimum atomic E-state index is -0.552. The van der Waals surface area contributed by atoms with Crippen molar-refractivity contribution < 1.29 is 9.50 Å². The highest BCUT2D eigenvalue weighted by Gasteiger charge is 2.17. The maximum absolute atomic E-state index is 13.5. The minimum absolute atomic E-state index is 0.178. The molecule has 0 spiro atoms. The van der Waals surface area contributed by atoms with E-state index in [2.05, 4.69) is 25.6 Å². The highest BCUT2D eigenvalue weighted by atomic mass is 19.1. The van der Waals surface area contributed by atoms with Crippen LogP contribution in [-0.4, -0.2) is 36.8 Å². The van der Waals surface area contributed by atoms with Crippen LogP contribution in [0.15, 0.2) is 24.5 Å². The number of nitrogens with two attached hydrogens (primary N) is 1. The number of aliphatic hydroxyl groups is 1. The van der Waals surface area contributed by atoms with E-state index in [0.717, 1.165) is 0 Å². The molecule has 2 atom stereocenters. The molecule has 3 aromatic rings. The average molecular weight is 373 g/mol. The van der Waals surface area contributed by atoms with E-state index in [1.165, 1.54) is 18.2 Å². The van der Waals surface area contributed by atoms with E-state index in [4.69, 9.17) is 5.73 Å². The van der Waals surface area contributed by atoms with Gasteiger partial charge in [-0.1, -0.05) is 6.92 Å². The SMILES string of the molecule is CCC(Nc1nc(NCc2cc(F)ccc2N)c2ncn(C)c2n1)C(C)O. The van der Waals surface area contributed by atoms with Gasteiger partial charge in [-0.15, -0.1) is 0 Å². The molecule has 0 saturated heterocycles.